The second-order valence-corrected chi connectivity index (χ2v) is 6.12. The maximum Gasteiger partial charge on any atom is 0.336 e. The highest BCUT2D eigenvalue weighted by Gasteiger charge is 2.31. The van der Waals surface area contributed by atoms with Crippen LogP contribution in [-0.2, 0) is 0 Å². The molecule has 4 nitrogen and oxygen atoms in total. The van der Waals surface area contributed by atoms with Gasteiger partial charge in [-0.05, 0) is 42.7 Å². The molecule has 0 spiro atoms. The summed E-state index contributed by atoms with van der Waals surface area (Å²) in [4.78, 5) is 23.2. The van der Waals surface area contributed by atoms with E-state index in [1.165, 1.54) is 0 Å². The molecule has 1 aliphatic heterocycles. The molecule has 128 valence electrons. The molecular formula is C21H20O4. The normalized spacial score (nSPS) is 14.5. The maximum absolute atomic E-state index is 11.6. The minimum atomic E-state index is -1.03. The van der Waals surface area contributed by atoms with E-state index in [-0.39, 0.29) is 11.2 Å². The second-order valence-electron chi connectivity index (χ2n) is 6.12. The lowest BCUT2D eigenvalue weighted by Crippen LogP contribution is -2.34. The molecule has 0 aromatic heterocycles. The molecule has 0 fully saturated rings. The van der Waals surface area contributed by atoms with Crippen molar-refractivity contribution in [3.05, 3.63) is 59.2 Å². The Balaban J connectivity index is 2.27. The van der Waals surface area contributed by atoms with E-state index >= 15 is 0 Å². The van der Waals surface area contributed by atoms with Crippen molar-refractivity contribution in [1.82, 2.24) is 0 Å². The SMILES string of the molecule is CCC1(CC)C=Cc2c(ccc(C=O)c2-c2ccccc2C(=O)O)O1. The number of fused-ring (bicyclic) bond motifs is 1. The monoisotopic (exact) mass is 336 g/mol. The Bertz CT molecular complexity index is 860. The summed E-state index contributed by atoms with van der Waals surface area (Å²) in [5.41, 5.74) is 2.11. The van der Waals surface area contributed by atoms with E-state index in [4.69, 9.17) is 4.74 Å². The Morgan fingerprint density at radius 2 is 1.88 bits per heavy atom. The number of carbonyl (C=O) groups excluding carboxylic acids is 1. The molecule has 0 bridgehead atoms. The van der Waals surface area contributed by atoms with Gasteiger partial charge < -0.3 is 9.84 Å². The van der Waals surface area contributed by atoms with Crippen molar-refractivity contribution in [3.63, 3.8) is 0 Å². The largest absolute Gasteiger partial charge is 0.483 e. The first-order valence-corrected chi connectivity index (χ1v) is 8.38. The van der Waals surface area contributed by atoms with Crippen molar-refractivity contribution < 1.29 is 19.4 Å². The van der Waals surface area contributed by atoms with Gasteiger partial charge in [0.05, 0.1) is 5.56 Å². The predicted molar refractivity (Wildman–Crippen MR) is 97.2 cm³/mol. The maximum atomic E-state index is 11.6. The van der Waals surface area contributed by atoms with Gasteiger partial charge in [-0.2, -0.15) is 0 Å². The summed E-state index contributed by atoms with van der Waals surface area (Å²) in [6, 6.07) is 10.2. The molecule has 0 aliphatic carbocycles. The topological polar surface area (TPSA) is 63.6 Å². The van der Waals surface area contributed by atoms with Gasteiger partial charge in [0.1, 0.15) is 11.4 Å². The molecule has 1 heterocycles. The van der Waals surface area contributed by atoms with Gasteiger partial charge in [0.2, 0.25) is 0 Å². The van der Waals surface area contributed by atoms with Crippen LogP contribution in [0.1, 0.15) is 53.0 Å². The third-order valence-corrected chi connectivity index (χ3v) is 4.86. The summed E-state index contributed by atoms with van der Waals surface area (Å²) < 4.78 is 6.23. The highest BCUT2D eigenvalue weighted by Crippen LogP contribution is 2.42. The summed E-state index contributed by atoms with van der Waals surface area (Å²) in [5.74, 6) is -0.353. The van der Waals surface area contributed by atoms with Gasteiger partial charge in [-0.3, -0.25) is 4.79 Å². The quantitative estimate of drug-likeness (QED) is 0.794. The van der Waals surface area contributed by atoms with Gasteiger partial charge in [0.25, 0.3) is 0 Å². The van der Waals surface area contributed by atoms with E-state index in [0.29, 0.717) is 22.4 Å². The second kappa shape index (κ2) is 6.55. The number of carbonyl (C=O) groups is 2. The molecule has 2 aromatic rings. The van der Waals surface area contributed by atoms with E-state index in [1.54, 1.807) is 36.4 Å². The van der Waals surface area contributed by atoms with Crippen LogP contribution in [0.4, 0.5) is 0 Å². The number of carboxylic acid groups (broad SMARTS) is 1. The van der Waals surface area contributed by atoms with Crippen LogP contribution < -0.4 is 4.74 Å². The molecule has 0 unspecified atom stereocenters. The molecule has 0 radical (unpaired) electrons. The van der Waals surface area contributed by atoms with Crippen LogP contribution in [0.5, 0.6) is 5.75 Å². The van der Waals surface area contributed by atoms with Crippen molar-refractivity contribution >= 4 is 18.3 Å². The summed E-state index contributed by atoms with van der Waals surface area (Å²) in [6.45, 7) is 4.14. The van der Waals surface area contributed by atoms with Crippen molar-refractivity contribution in [2.75, 3.05) is 0 Å². The fourth-order valence-corrected chi connectivity index (χ4v) is 3.28. The van der Waals surface area contributed by atoms with Crippen LogP contribution in [0.25, 0.3) is 17.2 Å². The summed E-state index contributed by atoms with van der Waals surface area (Å²) in [7, 11) is 0. The minimum absolute atomic E-state index is 0.162. The molecule has 1 aliphatic rings. The molecule has 0 saturated carbocycles. The van der Waals surface area contributed by atoms with E-state index in [2.05, 4.69) is 13.8 Å². The van der Waals surface area contributed by atoms with Crippen LogP contribution in [0, 0.1) is 0 Å². The third-order valence-electron chi connectivity index (χ3n) is 4.86. The Morgan fingerprint density at radius 3 is 2.52 bits per heavy atom. The average Bonchev–Trinajstić information content (AvgIpc) is 2.66. The lowest BCUT2D eigenvalue weighted by atomic mass is 9.87. The first-order valence-electron chi connectivity index (χ1n) is 8.38. The number of ether oxygens (including phenoxy) is 1. The van der Waals surface area contributed by atoms with E-state index in [1.807, 2.05) is 12.2 Å². The highest BCUT2D eigenvalue weighted by atomic mass is 16.5. The van der Waals surface area contributed by atoms with Gasteiger partial charge in [0.15, 0.2) is 6.29 Å². The summed E-state index contributed by atoms with van der Waals surface area (Å²) >= 11 is 0. The molecule has 25 heavy (non-hydrogen) atoms. The number of hydrogen-bond acceptors (Lipinski definition) is 3. The fourth-order valence-electron chi connectivity index (χ4n) is 3.28. The van der Waals surface area contributed by atoms with Crippen molar-refractivity contribution in [3.8, 4) is 16.9 Å². The fraction of sp³-hybridized carbons (Fsp3) is 0.238. The standard InChI is InChI=1S/C21H20O4/c1-3-21(4-2)12-11-17-18(25-21)10-9-14(13-22)19(17)15-7-5-6-8-16(15)20(23)24/h5-13H,3-4H2,1-2H3,(H,23,24). The van der Waals surface area contributed by atoms with E-state index in [9.17, 15) is 14.7 Å². The van der Waals surface area contributed by atoms with Gasteiger partial charge >= 0.3 is 5.97 Å². The molecule has 3 rings (SSSR count). The number of aldehydes is 1. The minimum Gasteiger partial charge on any atom is -0.483 e. The Morgan fingerprint density at radius 1 is 1.16 bits per heavy atom. The van der Waals surface area contributed by atoms with Crippen molar-refractivity contribution in [2.45, 2.75) is 32.3 Å². The van der Waals surface area contributed by atoms with Crippen LogP contribution >= 0.6 is 0 Å². The Kier molecular flexibility index (Phi) is 4.45. The van der Waals surface area contributed by atoms with Crippen molar-refractivity contribution in [2.24, 2.45) is 0 Å². The lowest BCUT2D eigenvalue weighted by Gasteiger charge is -2.34. The average molecular weight is 336 g/mol. The molecule has 2 aromatic carbocycles. The number of aromatic carboxylic acids is 1. The lowest BCUT2D eigenvalue weighted by molar-refractivity contribution is 0.0697. The van der Waals surface area contributed by atoms with Gasteiger partial charge in [-0.15, -0.1) is 0 Å². The summed E-state index contributed by atoms with van der Waals surface area (Å²) in [5, 5.41) is 9.52. The molecule has 0 atom stereocenters. The zero-order valence-corrected chi connectivity index (χ0v) is 14.3. The van der Waals surface area contributed by atoms with Gasteiger partial charge in [-0.25, -0.2) is 4.79 Å². The molecular weight excluding hydrogens is 316 g/mol. The zero-order chi connectivity index (χ0) is 18.0. The van der Waals surface area contributed by atoms with Gasteiger partial charge in [-0.1, -0.05) is 38.1 Å². The number of rotatable bonds is 5. The van der Waals surface area contributed by atoms with E-state index in [0.717, 1.165) is 24.7 Å². The van der Waals surface area contributed by atoms with E-state index < -0.39 is 5.97 Å². The highest BCUT2D eigenvalue weighted by molar-refractivity contribution is 6.02. The zero-order valence-electron chi connectivity index (χ0n) is 14.3. The Hall–Kier alpha value is -2.88. The molecule has 0 amide bonds. The smallest absolute Gasteiger partial charge is 0.336 e. The molecule has 4 heteroatoms. The molecule has 0 saturated heterocycles. The summed E-state index contributed by atoms with van der Waals surface area (Å²) in [6.07, 6.45) is 6.37. The van der Waals surface area contributed by atoms with Crippen molar-refractivity contribution in [1.29, 1.82) is 0 Å². The first kappa shape index (κ1) is 17.0. The Labute approximate surface area is 146 Å². The van der Waals surface area contributed by atoms with Gasteiger partial charge in [0, 0.05) is 16.7 Å². The number of benzene rings is 2. The first-order chi connectivity index (χ1) is 12.0. The molecule has 1 N–H and O–H groups in total. The van der Waals surface area contributed by atoms with Crippen LogP contribution in [0.2, 0.25) is 0 Å². The third kappa shape index (κ3) is 2.84. The number of hydrogen-bond donors (Lipinski definition) is 1. The van der Waals surface area contributed by atoms with Crippen LogP contribution in [-0.4, -0.2) is 23.0 Å². The predicted octanol–water partition coefficient (Wildman–Crippen LogP) is 4.83. The van der Waals surface area contributed by atoms with Crippen LogP contribution in [0.3, 0.4) is 0 Å². The van der Waals surface area contributed by atoms with Crippen LogP contribution in [0.15, 0.2) is 42.5 Å². The number of carboxylic acids is 1.